The SMILES string of the molecule is O=C(N/N=C\c1cn(Cc2ccc(Cl)c(Cl)c2)c2ccccc12)c1ccco1. The zero-order chi connectivity index (χ0) is 19.5. The Balaban J connectivity index is 1.60. The highest BCUT2D eigenvalue weighted by atomic mass is 35.5. The van der Waals surface area contributed by atoms with Gasteiger partial charge >= 0.3 is 5.91 Å². The monoisotopic (exact) mass is 411 g/mol. The van der Waals surface area contributed by atoms with E-state index in [2.05, 4.69) is 15.1 Å². The highest BCUT2D eigenvalue weighted by Gasteiger charge is 2.09. The number of halogens is 2. The van der Waals surface area contributed by atoms with Crippen LogP contribution >= 0.6 is 23.2 Å². The van der Waals surface area contributed by atoms with Crippen molar-refractivity contribution in [3.8, 4) is 0 Å². The normalized spacial score (nSPS) is 11.4. The molecule has 4 aromatic rings. The number of furan rings is 1. The summed E-state index contributed by atoms with van der Waals surface area (Å²) in [5, 5.41) is 6.14. The number of aromatic nitrogens is 1. The molecule has 2 aromatic heterocycles. The van der Waals surface area contributed by atoms with Crippen molar-refractivity contribution in [3.05, 3.63) is 94.0 Å². The van der Waals surface area contributed by atoms with Crippen LogP contribution in [0.2, 0.25) is 10.0 Å². The third kappa shape index (κ3) is 3.81. The van der Waals surface area contributed by atoms with Crippen molar-refractivity contribution in [1.29, 1.82) is 0 Å². The number of nitrogens with zero attached hydrogens (tertiary/aromatic N) is 2. The molecular formula is C21H15Cl2N3O2. The van der Waals surface area contributed by atoms with Gasteiger partial charge in [0.2, 0.25) is 0 Å². The van der Waals surface area contributed by atoms with Gasteiger partial charge in [-0.2, -0.15) is 5.10 Å². The summed E-state index contributed by atoms with van der Waals surface area (Å²) >= 11 is 12.1. The summed E-state index contributed by atoms with van der Waals surface area (Å²) in [5.41, 5.74) is 5.43. The average Bonchev–Trinajstić information content (AvgIpc) is 3.34. The minimum Gasteiger partial charge on any atom is -0.459 e. The van der Waals surface area contributed by atoms with E-state index < -0.39 is 5.91 Å². The van der Waals surface area contributed by atoms with Gasteiger partial charge in [0, 0.05) is 29.2 Å². The van der Waals surface area contributed by atoms with Crippen LogP contribution in [-0.2, 0) is 6.54 Å². The van der Waals surface area contributed by atoms with Crippen LogP contribution in [0.3, 0.4) is 0 Å². The summed E-state index contributed by atoms with van der Waals surface area (Å²) in [5.74, 6) is -0.194. The van der Waals surface area contributed by atoms with Crippen molar-refractivity contribution >= 4 is 46.2 Å². The predicted molar refractivity (Wildman–Crippen MR) is 111 cm³/mol. The van der Waals surface area contributed by atoms with Crippen molar-refractivity contribution < 1.29 is 9.21 Å². The molecule has 0 aliphatic carbocycles. The lowest BCUT2D eigenvalue weighted by Gasteiger charge is -2.06. The first-order chi connectivity index (χ1) is 13.6. The Kier molecular flexibility index (Phi) is 5.19. The molecule has 140 valence electrons. The second kappa shape index (κ2) is 7.92. The van der Waals surface area contributed by atoms with E-state index in [0.717, 1.165) is 22.0 Å². The van der Waals surface area contributed by atoms with Crippen LogP contribution in [0.5, 0.6) is 0 Å². The van der Waals surface area contributed by atoms with Gasteiger partial charge in [-0.25, -0.2) is 5.43 Å². The Bertz CT molecular complexity index is 1160. The number of carbonyl (C=O) groups is 1. The number of amides is 1. The molecule has 0 bridgehead atoms. The van der Waals surface area contributed by atoms with Gasteiger partial charge in [0.25, 0.3) is 0 Å². The minimum absolute atomic E-state index is 0.208. The Hall–Kier alpha value is -3.02. The number of fused-ring (bicyclic) bond motifs is 1. The molecule has 2 aromatic carbocycles. The third-order valence-corrected chi connectivity index (χ3v) is 5.01. The highest BCUT2D eigenvalue weighted by Crippen LogP contribution is 2.25. The van der Waals surface area contributed by atoms with Crippen LogP contribution in [0, 0.1) is 0 Å². The van der Waals surface area contributed by atoms with Crippen molar-refractivity contribution in [2.24, 2.45) is 5.10 Å². The number of para-hydroxylation sites is 1. The van der Waals surface area contributed by atoms with Gasteiger partial charge in [-0.3, -0.25) is 4.79 Å². The van der Waals surface area contributed by atoms with E-state index in [1.165, 1.54) is 6.26 Å². The fourth-order valence-corrected chi connectivity index (χ4v) is 3.29. The van der Waals surface area contributed by atoms with E-state index in [4.69, 9.17) is 27.6 Å². The minimum atomic E-state index is -0.402. The summed E-state index contributed by atoms with van der Waals surface area (Å²) < 4.78 is 7.15. The van der Waals surface area contributed by atoms with Crippen molar-refractivity contribution in [1.82, 2.24) is 9.99 Å². The molecule has 0 saturated carbocycles. The molecule has 7 heteroatoms. The number of carbonyl (C=O) groups excluding carboxylic acids is 1. The van der Waals surface area contributed by atoms with Gasteiger partial charge in [-0.1, -0.05) is 47.5 Å². The summed E-state index contributed by atoms with van der Waals surface area (Å²) in [6.07, 6.45) is 5.04. The van der Waals surface area contributed by atoms with Crippen LogP contribution < -0.4 is 5.43 Å². The Labute approximate surface area is 171 Å². The van der Waals surface area contributed by atoms with Crippen molar-refractivity contribution in [2.45, 2.75) is 6.54 Å². The fraction of sp³-hybridized carbons (Fsp3) is 0.0476. The van der Waals surface area contributed by atoms with Gasteiger partial charge in [0.15, 0.2) is 5.76 Å². The molecule has 0 fully saturated rings. The van der Waals surface area contributed by atoms with Crippen LogP contribution in [0.15, 0.2) is 76.6 Å². The lowest BCUT2D eigenvalue weighted by molar-refractivity contribution is 0.0927. The van der Waals surface area contributed by atoms with E-state index in [9.17, 15) is 4.79 Å². The van der Waals surface area contributed by atoms with Crippen molar-refractivity contribution in [2.75, 3.05) is 0 Å². The maximum absolute atomic E-state index is 11.9. The summed E-state index contributed by atoms with van der Waals surface area (Å²) in [6.45, 7) is 0.629. The number of benzene rings is 2. The van der Waals surface area contributed by atoms with Gasteiger partial charge in [0.05, 0.1) is 22.5 Å². The standard InChI is InChI=1S/C21H15Cl2N3O2/c22-17-8-7-14(10-18(17)23)12-26-13-15(16-4-1-2-5-19(16)26)11-24-25-21(27)20-6-3-9-28-20/h1-11,13H,12H2,(H,25,27)/b24-11-. The molecule has 0 radical (unpaired) electrons. The maximum atomic E-state index is 11.9. The smallest absolute Gasteiger partial charge is 0.307 e. The fourth-order valence-electron chi connectivity index (χ4n) is 2.97. The molecular weight excluding hydrogens is 397 g/mol. The molecule has 1 N–H and O–H groups in total. The number of hydrogen-bond acceptors (Lipinski definition) is 3. The summed E-state index contributed by atoms with van der Waals surface area (Å²) in [6, 6.07) is 16.8. The zero-order valence-corrected chi connectivity index (χ0v) is 16.1. The number of hydrazone groups is 1. The maximum Gasteiger partial charge on any atom is 0.307 e. The molecule has 0 aliphatic rings. The Morgan fingerprint density at radius 1 is 1.11 bits per heavy atom. The molecule has 2 heterocycles. The van der Waals surface area contributed by atoms with Crippen LogP contribution in [0.25, 0.3) is 10.9 Å². The largest absolute Gasteiger partial charge is 0.459 e. The molecule has 1 amide bonds. The van der Waals surface area contributed by atoms with Crippen LogP contribution in [0.1, 0.15) is 21.7 Å². The first-order valence-electron chi connectivity index (χ1n) is 8.50. The molecule has 4 rings (SSSR count). The van der Waals surface area contributed by atoms with Gasteiger partial charge in [-0.15, -0.1) is 0 Å². The second-order valence-electron chi connectivity index (χ2n) is 6.15. The van der Waals surface area contributed by atoms with E-state index in [1.807, 2.05) is 42.6 Å². The average molecular weight is 412 g/mol. The number of nitrogens with one attached hydrogen (secondary N) is 1. The number of rotatable bonds is 5. The van der Waals surface area contributed by atoms with Gasteiger partial charge in [-0.05, 0) is 35.9 Å². The predicted octanol–water partition coefficient (Wildman–Crippen LogP) is 5.35. The molecule has 0 unspecified atom stereocenters. The van der Waals surface area contributed by atoms with E-state index in [1.54, 1.807) is 24.4 Å². The number of hydrogen-bond donors (Lipinski definition) is 1. The van der Waals surface area contributed by atoms with E-state index in [0.29, 0.717) is 16.6 Å². The Morgan fingerprint density at radius 3 is 2.75 bits per heavy atom. The van der Waals surface area contributed by atoms with Crippen molar-refractivity contribution in [3.63, 3.8) is 0 Å². The third-order valence-electron chi connectivity index (χ3n) is 4.27. The second-order valence-corrected chi connectivity index (χ2v) is 6.97. The molecule has 5 nitrogen and oxygen atoms in total. The Morgan fingerprint density at radius 2 is 1.96 bits per heavy atom. The molecule has 0 atom stereocenters. The molecule has 0 saturated heterocycles. The molecule has 0 aliphatic heterocycles. The summed E-state index contributed by atoms with van der Waals surface area (Å²) in [4.78, 5) is 11.9. The lowest BCUT2D eigenvalue weighted by Crippen LogP contribution is -2.16. The zero-order valence-electron chi connectivity index (χ0n) is 14.6. The molecule has 28 heavy (non-hydrogen) atoms. The highest BCUT2D eigenvalue weighted by molar-refractivity contribution is 6.42. The molecule has 0 spiro atoms. The van der Waals surface area contributed by atoms with Crippen LogP contribution in [-0.4, -0.2) is 16.7 Å². The lowest BCUT2D eigenvalue weighted by atomic mass is 10.2. The van der Waals surface area contributed by atoms with Gasteiger partial charge < -0.3 is 8.98 Å². The summed E-state index contributed by atoms with van der Waals surface area (Å²) in [7, 11) is 0. The van der Waals surface area contributed by atoms with Crippen LogP contribution in [0.4, 0.5) is 0 Å². The van der Waals surface area contributed by atoms with E-state index >= 15 is 0 Å². The van der Waals surface area contributed by atoms with Gasteiger partial charge in [0.1, 0.15) is 0 Å². The quantitative estimate of drug-likeness (QED) is 0.355. The topological polar surface area (TPSA) is 59.5 Å². The first-order valence-corrected chi connectivity index (χ1v) is 9.26. The first kappa shape index (κ1) is 18.3. The van der Waals surface area contributed by atoms with E-state index in [-0.39, 0.29) is 5.76 Å².